The second kappa shape index (κ2) is 12.6. The molecule has 266 valence electrons. The molecule has 0 saturated carbocycles. The first-order chi connectivity index (χ1) is 19.7. The Balaban J connectivity index is 3.37. The summed E-state index contributed by atoms with van der Waals surface area (Å²) in [5.74, 6) is -51.9. The quantitative estimate of drug-likeness (QED) is 0.221. The molecule has 0 spiro atoms. The van der Waals surface area contributed by atoms with Crippen molar-refractivity contribution in [1.82, 2.24) is 0 Å². The summed E-state index contributed by atoms with van der Waals surface area (Å²) in [6.45, 7) is -2.09. The van der Waals surface area contributed by atoms with Crippen LogP contribution in [-0.2, 0) is 23.8 Å². The predicted octanol–water partition coefficient (Wildman–Crippen LogP) is 5.40. The Bertz CT molecular complexity index is 984. The Morgan fingerprint density at radius 3 is 1.04 bits per heavy atom. The van der Waals surface area contributed by atoms with Crippen LogP contribution >= 0.6 is 0 Å². The maximum atomic E-state index is 14.2. The minimum Gasteiger partial charge on any atom is -0.369 e. The number of amides is 2. The van der Waals surface area contributed by atoms with E-state index in [1.54, 1.807) is 0 Å². The topological polar surface area (TPSA) is 114 Å². The van der Waals surface area contributed by atoms with Crippen LogP contribution < -0.4 is 11.5 Å². The van der Waals surface area contributed by atoms with Gasteiger partial charge in [0.25, 0.3) is 6.48 Å². The molecule has 1 aliphatic heterocycles. The van der Waals surface area contributed by atoms with Crippen molar-refractivity contribution in [2.75, 3.05) is 7.11 Å². The molecule has 0 radical (unpaired) electrons. The second-order valence-electron chi connectivity index (χ2n) is 9.65. The van der Waals surface area contributed by atoms with Crippen molar-refractivity contribution >= 4 is 11.8 Å². The van der Waals surface area contributed by atoms with Crippen molar-refractivity contribution in [3.05, 3.63) is 0 Å². The molecule has 0 bridgehead atoms. The number of hydrogen-bond donors (Lipinski definition) is 2. The monoisotopic (exact) mass is 710 g/mol. The molecule has 0 aliphatic carbocycles. The van der Waals surface area contributed by atoms with Crippen LogP contribution in [0.2, 0.25) is 0 Å². The maximum Gasteiger partial charge on any atom is 0.460 e. The molecule has 1 heterocycles. The third kappa shape index (κ3) is 7.76. The van der Waals surface area contributed by atoms with E-state index in [1.807, 2.05) is 0 Å². The average molecular weight is 710 g/mol. The van der Waals surface area contributed by atoms with Gasteiger partial charge in [-0.05, 0) is 12.8 Å². The Hall–Kier alpha value is -2.44. The molecule has 1 rings (SSSR count). The highest BCUT2D eigenvalue weighted by molar-refractivity contribution is 5.77. The molecule has 1 fully saturated rings. The van der Waals surface area contributed by atoms with Crippen LogP contribution in [0, 0.1) is 11.8 Å². The van der Waals surface area contributed by atoms with E-state index >= 15 is 0 Å². The zero-order chi connectivity index (χ0) is 36.0. The minimum absolute atomic E-state index is 0.711. The molecule has 0 aromatic heterocycles. The lowest BCUT2D eigenvalue weighted by Gasteiger charge is -2.35. The number of primary amides is 2. The molecule has 0 aromatic rings. The SMILES string of the molecule is COC1OC(CC(CC(F)(F)C(F)(F)C(F)(F)C(F)(F)F)C(N)=O)C(CC(CC(F)(F)C(F)(F)C(F)(F)C(F)(F)F)C(N)=O)O1. The van der Waals surface area contributed by atoms with Crippen molar-refractivity contribution in [1.29, 1.82) is 0 Å². The van der Waals surface area contributed by atoms with Gasteiger partial charge in [-0.3, -0.25) is 9.59 Å². The molecule has 25 heteroatoms. The fourth-order valence-corrected chi connectivity index (χ4v) is 3.87. The van der Waals surface area contributed by atoms with Crippen LogP contribution in [0.3, 0.4) is 0 Å². The van der Waals surface area contributed by atoms with Crippen LogP contribution in [0.25, 0.3) is 0 Å². The van der Waals surface area contributed by atoms with Crippen LogP contribution in [0.5, 0.6) is 0 Å². The van der Waals surface area contributed by atoms with E-state index in [9.17, 15) is 88.6 Å². The van der Waals surface area contributed by atoms with Gasteiger partial charge in [-0.25, -0.2) is 0 Å². The lowest BCUT2D eigenvalue weighted by molar-refractivity contribution is -0.397. The number of alkyl halides is 18. The summed E-state index contributed by atoms with van der Waals surface area (Å²) < 4.78 is 253. The van der Waals surface area contributed by atoms with Crippen LogP contribution in [0.4, 0.5) is 79.0 Å². The number of ether oxygens (including phenoxy) is 3. The number of methoxy groups -OCH3 is 1. The summed E-state index contributed by atoms with van der Waals surface area (Å²) in [6.07, 6.45) is -27.8. The van der Waals surface area contributed by atoms with E-state index in [4.69, 9.17) is 20.9 Å². The molecular formula is C20H20F18N2O5. The lowest BCUT2D eigenvalue weighted by atomic mass is 9.84. The number of halogens is 18. The summed E-state index contributed by atoms with van der Waals surface area (Å²) in [5, 5.41) is 0. The minimum atomic E-state index is -7.38. The molecule has 7 nitrogen and oxygen atoms in total. The maximum absolute atomic E-state index is 14.2. The summed E-state index contributed by atoms with van der Waals surface area (Å²) in [6, 6.07) is 0. The van der Waals surface area contributed by atoms with Crippen molar-refractivity contribution in [2.45, 2.75) is 92.3 Å². The van der Waals surface area contributed by atoms with Crippen LogP contribution in [0.15, 0.2) is 0 Å². The van der Waals surface area contributed by atoms with Gasteiger partial charge >= 0.3 is 47.9 Å². The fourth-order valence-electron chi connectivity index (χ4n) is 3.87. The summed E-state index contributed by atoms with van der Waals surface area (Å²) >= 11 is 0. The smallest absolute Gasteiger partial charge is 0.369 e. The van der Waals surface area contributed by atoms with Gasteiger partial charge in [0.15, 0.2) is 0 Å². The molecule has 1 saturated heterocycles. The third-order valence-electron chi connectivity index (χ3n) is 6.44. The molecule has 4 atom stereocenters. The van der Waals surface area contributed by atoms with E-state index in [0.717, 1.165) is 0 Å². The zero-order valence-electron chi connectivity index (χ0n) is 21.7. The van der Waals surface area contributed by atoms with Gasteiger partial charge in [0.05, 0.1) is 12.2 Å². The highest BCUT2D eigenvalue weighted by Crippen LogP contribution is 2.56. The van der Waals surface area contributed by atoms with Gasteiger partial charge in [0.2, 0.25) is 11.8 Å². The van der Waals surface area contributed by atoms with Crippen molar-refractivity contribution in [2.24, 2.45) is 23.3 Å². The van der Waals surface area contributed by atoms with Gasteiger partial charge < -0.3 is 25.7 Å². The highest BCUT2D eigenvalue weighted by Gasteiger charge is 2.82. The van der Waals surface area contributed by atoms with Gasteiger partial charge in [-0.1, -0.05) is 0 Å². The van der Waals surface area contributed by atoms with E-state index in [-0.39, 0.29) is 0 Å². The Labute approximate surface area is 238 Å². The largest absolute Gasteiger partial charge is 0.460 e. The van der Waals surface area contributed by atoms with Crippen molar-refractivity contribution < 1.29 is 103 Å². The molecule has 1 aliphatic rings. The lowest BCUT2D eigenvalue weighted by Crippen LogP contribution is -2.61. The van der Waals surface area contributed by atoms with E-state index < -0.39 is 116 Å². The zero-order valence-corrected chi connectivity index (χ0v) is 21.7. The first-order valence-corrected chi connectivity index (χ1v) is 11.5. The third-order valence-corrected chi connectivity index (χ3v) is 6.44. The first-order valence-electron chi connectivity index (χ1n) is 11.5. The molecule has 0 aromatic carbocycles. The molecular weight excluding hydrogens is 690 g/mol. The highest BCUT2D eigenvalue weighted by atomic mass is 19.4. The summed E-state index contributed by atoms with van der Waals surface area (Å²) in [5.41, 5.74) is 9.51. The number of nitrogens with two attached hydrogens (primary N) is 2. The van der Waals surface area contributed by atoms with Crippen LogP contribution in [-0.4, -0.2) is 85.5 Å². The summed E-state index contributed by atoms with van der Waals surface area (Å²) in [4.78, 5) is 23.4. The standard InChI is InChI=1S/C20H20F18N2O5/c1-43-12-44-8(2-6(10(39)41)4-13(21,22)15(25,26)17(29,30)19(33,34)35)9(45-12)3-7(11(40)42)5-14(23,24)16(27,28)18(31,32)20(36,37)38/h6-9,12H,2-5H2,1H3,(H2,39,41)(H2,40,42). The number of carbonyl (C=O) groups excluding carboxylic acids is 2. The molecule has 2 amide bonds. The Kier molecular flexibility index (Phi) is 11.4. The van der Waals surface area contributed by atoms with Crippen molar-refractivity contribution in [3.8, 4) is 0 Å². The second-order valence-corrected chi connectivity index (χ2v) is 9.65. The van der Waals surface area contributed by atoms with E-state index in [1.165, 1.54) is 0 Å². The average Bonchev–Trinajstić information content (AvgIpc) is 3.22. The van der Waals surface area contributed by atoms with Gasteiger partial charge in [-0.15, -0.1) is 0 Å². The van der Waals surface area contributed by atoms with Crippen LogP contribution in [0.1, 0.15) is 25.7 Å². The Morgan fingerprint density at radius 1 is 0.578 bits per heavy atom. The number of rotatable bonds is 15. The fraction of sp³-hybridized carbons (Fsp3) is 0.900. The van der Waals surface area contributed by atoms with E-state index in [2.05, 4.69) is 4.74 Å². The van der Waals surface area contributed by atoms with E-state index in [0.29, 0.717) is 7.11 Å². The van der Waals surface area contributed by atoms with Crippen molar-refractivity contribution in [3.63, 3.8) is 0 Å². The molecule has 4 unspecified atom stereocenters. The number of hydrogen-bond acceptors (Lipinski definition) is 5. The first kappa shape index (κ1) is 40.6. The molecule has 45 heavy (non-hydrogen) atoms. The predicted molar refractivity (Wildman–Crippen MR) is 106 cm³/mol. The van der Waals surface area contributed by atoms with Gasteiger partial charge in [-0.2, -0.15) is 79.0 Å². The van der Waals surface area contributed by atoms with Gasteiger partial charge in [0, 0.05) is 31.8 Å². The number of carbonyl (C=O) groups is 2. The van der Waals surface area contributed by atoms with Gasteiger partial charge in [0.1, 0.15) is 0 Å². The Morgan fingerprint density at radius 2 is 0.844 bits per heavy atom. The molecule has 4 N–H and O–H groups in total. The summed E-state index contributed by atoms with van der Waals surface area (Å²) in [7, 11) is 0.711. The normalized spacial score (nSPS) is 22.8.